The minimum Gasteiger partial charge on any atom is -0.381 e. The molecule has 0 aliphatic carbocycles. The van der Waals surface area contributed by atoms with Gasteiger partial charge in [-0.2, -0.15) is 5.10 Å². The van der Waals surface area contributed by atoms with Gasteiger partial charge in [0.05, 0.1) is 18.9 Å². The molecule has 3 heterocycles. The van der Waals surface area contributed by atoms with Crippen molar-refractivity contribution < 1.29 is 9.13 Å². The van der Waals surface area contributed by atoms with E-state index in [9.17, 15) is 9.18 Å². The lowest BCUT2D eigenvalue weighted by molar-refractivity contribution is 0.122. The molecule has 0 amide bonds. The summed E-state index contributed by atoms with van der Waals surface area (Å²) in [5.41, 5.74) is 5.05. The van der Waals surface area contributed by atoms with Gasteiger partial charge in [0, 0.05) is 47.5 Å². The third-order valence-electron chi connectivity index (χ3n) is 6.59. The number of hydrogen-bond donors (Lipinski definition) is 2. The van der Waals surface area contributed by atoms with Gasteiger partial charge in [-0.25, -0.2) is 9.07 Å². The van der Waals surface area contributed by atoms with E-state index in [0.717, 1.165) is 48.8 Å². The van der Waals surface area contributed by atoms with Crippen molar-refractivity contribution in [1.82, 2.24) is 14.8 Å². The Kier molecular flexibility index (Phi) is 6.16. The van der Waals surface area contributed by atoms with Crippen LogP contribution in [0.2, 0.25) is 0 Å². The lowest BCUT2D eigenvalue weighted by atomic mass is 10.1. The van der Waals surface area contributed by atoms with Gasteiger partial charge in [0.2, 0.25) is 0 Å². The quantitative estimate of drug-likeness (QED) is 0.348. The molecule has 7 nitrogen and oxygen atoms in total. The van der Waals surface area contributed by atoms with Crippen LogP contribution in [0.25, 0.3) is 28.0 Å². The Hall–Kier alpha value is -4.43. The molecule has 37 heavy (non-hydrogen) atoms. The second-order valence-corrected chi connectivity index (χ2v) is 8.99. The SMILES string of the molecule is O=c1[nH]c2c(cc1CNc1ccc(N3CCOCC3)cc1)c(-c1cccc(F)c1)nn2-c1ccccc1. The van der Waals surface area contributed by atoms with E-state index in [1.165, 1.54) is 12.1 Å². The van der Waals surface area contributed by atoms with Gasteiger partial charge in [0.15, 0.2) is 0 Å². The van der Waals surface area contributed by atoms with Crippen LogP contribution in [0.15, 0.2) is 89.7 Å². The fraction of sp³-hybridized carbons (Fsp3) is 0.172. The van der Waals surface area contributed by atoms with Crippen LogP contribution in [0, 0.1) is 5.82 Å². The largest absolute Gasteiger partial charge is 0.381 e. The monoisotopic (exact) mass is 495 g/mol. The summed E-state index contributed by atoms with van der Waals surface area (Å²) < 4.78 is 21.2. The average molecular weight is 496 g/mol. The summed E-state index contributed by atoms with van der Waals surface area (Å²) >= 11 is 0. The van der Waals surface area contributed by atoms with Crippen molar-refractivity contribution in [2.24, 2.45) is 0 Å². The summed E-state index contributed by atoms with van der Waals surface area (Å²) in [5.74, 6) is -0.341. The lowest BCUT2D eigenvalue weighted by Crippen LogP contribution is -2.36. The van der Waals surface area contributed by atoms with Crippen molar-refractivity contribution in [3.63, 3.8) is 0 Å². The summed E-state index contributed by atoms with van der Waals surface area (Å²) in [6, 6.07) is 25.9. The maximum Gasteiger partial charge on any atom is 0.254 e. The van der Waals surface area contributed by atoms with Gasteiger partial charge in [-0.1, -0.05) is 30.3 Å². The zero-order chi connectivity index (χ0) is 25.2. The summed E-state index contributed by atoms with van der Waals surface area (Å²) in [6.45, 7) is 3.58. The average Bonchev–Trinajstić information content (AvgIpc) is 3.31. The first-order chi connectivity index (χ1) is 18.2. The molecule has 6 rings (SSSR count). The van der Waals surface area contributed by atoms with Crippen LogP contribution in [-0.4, -0.2) is 41.1 Å². The smallest absolute Gasteiger partial charge is 0.254 e. The van der Waals surface area contributed by atoms with E-state index >= 15 is 0 Å². The lowest BCUT2D eigenvalue weighted by Gasteiger charge is -2.28. The number of para-hydroxylation sites is 1. The number of benzene rings is 3. The zero-order valence-corrected chi connectivity index (χ0v) is 20.2. The molecule has 0 bridgehead atoms. The minimum atomic E-state index is -0.341. The van der Waals surface area contributed by atoms with Crippen molar-refractivity contribution >= 4 is 22.4 Å². The van der Waals surface area contributed by atoms with Gasteiger partial charge in [-0.05, 0) is 54.6 Å². The van der Waals surface area contributed by atoms with Crippen molar-refractivity contribution in [2.45, 2.75) is 6.54 Å². The Bertz CT molecular complexity index is 1590. The number of H-pyrrole nitrogens is 1. The minimum absolute atomic E-state index is 0.201. The van der Waals surface area contributed by atoms with Gasteiger partial charge in [0.1, 0.15) is 17.2 Å². The molecule has 2 aromatic heterocycles. The Balaban J connectivity index is 1.33. The Labute approximate surface area is 213 Å². The third-order valence-corrected chi connectivity index (χ3v) is 6.59. The number of nitrogens with zero attached hydrogens (tertiary/aromatic N) is 3. The van der Waals surface area contributed by atoms with Crippen LogP contribution in [0.5, 0.6) is 0 Å². The van der Waals surface area contributed by atoms with Gasteiger partial charge in [0.25, 0.3) is 5.56 Å². The molecule has 8 heteroatoms. The molecule has 0 atom stereocenters. The van der Waals surface area contributed by atoms with Crippen molar-refractivity contribution in [3.05, 3.63) is 107 Å². The highest BCUT2D eigenvalue weighted by atomic mass is 19.1. The predicted molar refractivity (Wildman–Crippen MR) is 144 cm³/mol. The maximum absolute atomic E-state index is 14.1. The Morgan fingerprint density at radius 1 is 0.919 bits per heavy atom. The first-order valence-electron chi connectivity index (χ1n) is 12.3. The van der Waals surface area contributed by atoms with E-state index in [1.807, 2.05) is 54.6 Å². The highest BCUT2D eigenvalue weighted by molar-refractivity contribution is 5.92. The number of halogens is 1. The first-order valence-corrected chi connectivity index (χ1v) is 12.3. The van der Waals surface area contributed by atoms with Gasteiger partial charge in [-0.3, -0.25) is 4.79 Å². The van der Waals surface area contributed by atoms with Crippen LogP contribution in [-0.2, 0) is 11.3 Å². The molecule has 0 spiro atoms. The summed E-state index contributed by atoms with van der Waals surface area (Å²) in [4.78, 5) is 18.4. The van der Waals surface area contributed by atoms with Crippen LogP contribution in [0.3, 0.4) is 0 Å². The van der Waals surface area contributed by atoms with Gasteiger partial charge >= 0.3 is 0 Å². The summed E-state index contributed by atoms with van der Waals surface area (Å²) in [5, 5.41) is 8.87. The molecule has 1 aliphatic rings. The number of ether oxygens (including phenoxy) is 1. The number of morpholine rings is 1. The molecule has 5 aromatic rings. The van der Waals surface area contributed by atoms with Crippen LogP contribution in [0.1, 0.15) is 5.56 Å². The van der Waals surface area contributed by atoms with E-state index in [2.05, 4.69) is 27.3 Å². The number of hydrogen-bond acceptors (Lipinski definition) is 5. The molecule has 2 N–H and O–H groups in total. The Morgan fingerprint density at radius 3 is 2.46 bits per heavy atom. The number of nitrogens with one attached hydrogen (secondary N) is 2. The molecule has 3 aromatic carbocycles. The van der Waals surface area contributed by atoms with Crippen LogP contribution in [0.4, 0.5) is 15.8 Å². The van der Waals surface area contributed by atoms with Crippen molar-refractivity contribution in [1.29, 1.82) is 0 Å². The summed E-state index contributed by atoms with van der Waals surface area (Å²) in [6.07, 6.45) is 0. The number of aromatic nitrogens is 3. The number of pyridine rings is 1. The van der Waals surface area contributed by atoms with E-state index in [4.69, 9.17) is 9.84 Å². The highest BCUT2D eigenvalue weighted by Gasteiger charge is 2.17. The van der Waals surface area contributed by atoms with Gasteiger partial charge in [-0.15, -0.1) is 0 Å². The van der Waals surface area contributed by atoms with Crippen molar-refractivity contribution in [2.75, 3.05) is 36.5 Å². The molecule has 0 unspecified atom stereocenters. The fourth-order valence-corrected chi connectivity index (χ4v) is 4.66. The molecule has 0 radical (unpaired) electrons. The van der Waals surface area contributed by atoms with Gasteiger partial charge < -0.3 is 19.9 Å². The highest BCUT2D eigenvalue weighted by Crippen LogP contribution is 2.29. The molecule has 1 fully saturated rings. The number of anilines is 2. The molecule has 1 aliphatic heterocycles. The topological polar surface area (TPSA) is 75.2 Å². The molecular formula is C29H26FN5O2. The third kappa shape index (κ3) is 4.71. The molecule has 186 valence electrons. The normalized spacial score (nSPS) is 13.7. The van der Waals surface area contributed by atoms with Crippen LogP contribution < -0.4 is 15.8 Å². The van der Waals surface area contributed by atoms with E-state index in [-0.39, 0.29) is 11.4 Å². The molecule has 0 saturated carbocycles. The first kappa shape index (κ1) is 23.0. The van der Waals surface area contributed by atoms with Crippen LogP contribution >= 0.6 is 0 Å². The number of fused-ring (bicyclic) bond motifs is 1. The second kappa shape index (κ2) is 9.91. The fourth-order valence-electron chi connectivity index (χ4n) is 4.66. The summed E-state index contributed by atoms with van der Waals surface area (Å²) in [7, 11) is 0. The zero-order valence-electron chi connectivity index (χ0n) is 20.2. The number of aromatic amines is 1. The molecular weight excluding hydrogens is 469 g/mol. The maximum atomic E-state index is 14.1. The van der Waals surface area contributed by atoms with E-state index in [1.54, 1.807) is 10.7 Å². The van der Waals surface area contributed by atoms with E-state index < -0.39 is 0 Å². The van der Waals surface area contributed by atoms with Crippen molar-refractivity contribution in [3.8, 4) is 16.9 Å². The second-order valence-electron chi connectivity index (χ2n) is 8.99. The Morgan fingerprint density at radius 2 is 1.70 bits per heavy atom. The number of rotatable bonds is 6. The predicted octanol–water partition coefficient (Wildman–Crippen LogP) is 4.97. The van der Waals surface area contributed by atoms with E-state index in [0.29, 0.717) is 29.0 Å². The molecule has 1 saturated heterocycles. The standard InChI is InChI=1S/C29H26FN5O2/c30-22-6-4-5-20(17-22)27-26-18-21(29(36)32-28(26)35(33-27)25-7-2-1-3-8-25)19-31-23-9-11-24(12-10-23)34-13-15-37-16-14-34/h1-12,17-18,31H,13-16,19H2,(H,32,36).